The molecule has 1 saturated heterocycles. The van der Waals surface area contributed by atoms with Crippen molar-refractivity contribution in [2.24, 2.45) is 0 Å². The number of hydrogen-bond donors (Lipinski definition) is 1. The second-order valence-corrected chi connectivity index (χ2v) is 5.11. The van der Waals surface area contributed by atoms with E-state index in [0.717, 1.165) is 37.4 Å². The lowest BCUT2D eigenvalue weighted by Crippen LogP contribution is -2.43. The van der Waals surface area contributed by atoms with E-state index < -0.39 is 4.92 Å². The van der Waals surface area contributed by atoms with Crippen LogP contribution in [0.2, 0.25) is 0 Å². The number of anilines is 1. The van der Waals surface area contributed by atoms with Crippen LogP contribution in [0.4, 0.5) is 11.4 Å². The summed E-state index contributed by atoms with van der Waals surface area (Å²) in [5.41, 5.74) is 1.90. The number of hydrogen-bond acceptors (Lipinski definition) is 5. The van der Waals surface area contributed by atoms with Gasteiger partial charge < -0.3 is 15.1 Å². The van der Waals surface area contributed by atoms with E-state index >= 15 is 0 Å². The molecule has 0 aromatic heterocycles. The van der Waals surface area contributed by atoms with Gasteiger partial charge in [-0.1, -0.05) is 0 Å². The van der Waals surface area contributed by atoms with Gasteiger partial charge in [0.25, 0.3) is 11.6 Å². The molecular weight excluding hydrogens is 260 g/mol. The van der Waals surface area contributed by atoms with Crippen molar-refractivity contribution in [3.05, 3.63) is 33.4 Å². The molecule has 2 aliphatic heterocycles. The Bertz CT molecular complexity index is 581. The number of fused-ring (bicyclic) bond motifs is 1. The summed E-state index contributed by atoms with van der Waals surface area (Å²) in [7, 11) is 1.67. The van der Waals surface area contributed by atoms with Crippen molar-refractivity contribution >= 4 is 17.3 Å². The predicted octanol–water partition coefficient (Wildman–Crippen LogP) is 0.590. The van der Waals surface area contributed by atoms with Gasteiger partial charge in [-0.25, -0.2) is 0 Å². The summed E-state index contributed by atoms with van der Waals surface area (Å²) < 4.78 is 0. The third-order valence-electron chi connectivity index (χ3n) is 3.88. The van der Waals surface area contributed by atoms with Crippen molar-refractivity contribution < 1.29 is 9.72 Å². The number of nitro groups is 1. The van der Waals surface area contributed by atoms with Crippen molar-refractivity contribution in [3.63, 3.8) is 0 Å². The van der Waals surface area contributed by atoms with E-state index in [0.29, 0.717) is 6.54 Å². The molecule has 1 aromatic carbocycles. The topological polar surface area (TPSA) is 78.7 Å². The average molecular weight is 276 g/mol. The quantitative estimate of drug-likeness (QED) is 0.632. The van der Waals surface area contributed by atoms with Crippen LogP contribution < -0.4 is 10.2 Å². The van der Waals surface area contributed by atoms with Crippen LogP contribution >= 0.6 is 0 Å². The third-order valence-corrected chi connectivity index (χ3v) is 3.88. The molecule has 106 valence electrons. The van der Waals surface area contributed by atoms with E-state index in [-0.39, 0.29) is 17.2 Å². The van der Waals surface area contributed by atoms with Gasteiger partial charge in [-0.2, -0.15) is 0 Å². The summed E-state index contributed by atoms with van der Waals surface area (Å²) >= 11 is 0. The number of nitrogens with zero attached hydrogens (tertiary/aromatic N) is 3. The van der Waals surface area contributed by atoms with Crippen molar-refractivity contribution in [3.8, 4) is 0 Å². The zero-order valence-corrected chi connectivity index (χ0v) is 11.3. The molecule has 3 rings (SSSR count). The van der Waals surface area contributed by atoms with Crippen LogP contribution in [0.15, 0.2) is 12.1 Å². The molecule has 0 atom stereocenters. The average Bonchev–Trinajstić information content (AvgIpc) is 2.75. The third kappa shape index (κ3) is 1.90. The maximum absolute atomic E-state index is 12.1. The number of carbonyl (C=O) groups excluding carboxylic acids is 1. The molecule has 2 heterocycles. The number of benzene rings is 1. The molecule has 1 aromatic rings. The Morgan fingerprint density at radius 1 is 1.30 bits per heavy atom. The first-order chi connectivity index (χ1) is 9.59. The van der Waals surface area contributed by atoms with Crippen LogP contribution in [0.1, 0.15) is 15.9 Å². The number of piperazine rings is 1. The fourth-order valence-corrected chi connectivity index (χ4v) is 2.88. The van der Waals surface area contributed by atoms with Gasteiger partial charge in [0.1, 0.15) is 5.56 Å². The first-order valence-electron chi connectivity index (χ1n) is 6.61. The lowest BCUT2D eigenvalue weighted by Gasteiger charge is -2.30. The summed E-state index contributed by atoms with van der Waals surface area (Å²) in [4.78, 5) is 26.5. The highest BCUT2D eigenvalue weighted by Gasteiger charge is 2.35. The van der Waals surface area contributed by atoms with Crippen LogP contribution in [0.3, 0.4) is 0 Å². The van der Waals surface area contributed by atoms with Crippen LogP contribution in [-0.2, 0) is 6.54 Å². The molecule has 1 N–H and O–H groups in total. The second-order valence-electron chi connectivity index (χ2n) is 5.11. The van der Waals surface area contributed by atoms with E-state index in [9.17, 15) is 14.9 Å². The fourth-order valence-electron chi connectivity index (χ4n) is 2.88. The summed E-state index contributed by atoms with van der Waals surface area (Å²) in [5, 5.41) is 14.4. The fraction of sp³-hybridized carbons (Fsp3) is 0.462. The number of amides is 1. The minimum absolute atomic E-state index is 0.0896. The number of carbonyl (C=O) groups is 1. The Labute approximate surface area is 116 Å². The lowest BCUT2D eigenvalue weighted by atomic mass is 10.0. The first-order valence-corrected chi connectivity index (χ1v) is 6.61. The zero-order valence-electron chi connectivity index (χ0n) is 11.3. The van der Waals surface area contributed by atoms with Gasteiger partial charge in [0.05, 0.1) is 4.92 Å². The van der Waals surface area contributed by atoms with Crippen molar-refractivity contribution in [2.75, 3.05) is 38.1 Å². The Morgan fingerprint density at radius 2 is 2.00 bits per heavy atom. The van der Waals surface area contributed by atoms with Crippen LogP contribution in [0.5, 0.6) is 0 Å². The Morgan fingerprint density at radius 3 is 2.65 bits per heavy atom. The normalized spacial score (nSPS) is 18.4. The molecule has 0 aliphatic carbocycles. The van der Waals surface area contributed by atoms with Crippen LogP contribution in [0, 0.1) is 10.1 Å². The van der Waals surface area contributed by atoms with Gasteiger partial charge in [-0.15, -0.1) is 0 Å². The highest BCUT2D eigenvalue weighted by atomic mass is 16.6. The maximum Gasteiger partial charge on any atom is 0.282 e. The molecule has 0 bridgehead atoms. The molecule has 20 heavy (non-hydrogen) atoms. The second kappa shape index (κ2) is 4.75. The largest absolute Gasteiger partial charge is 0.369 e. The minimum atomic E-state index is -0.475. The van der Waals surface area contributed by atoms with E-state index in [2.05, 4.69) is 10.2 Å². The van der Waals surface area contributed by atoms with E-state index in [4.69, 9.17) is 0 Å². The number of nitrogens with one attached hydrogen (secondary N) is 1. The Balaban J connectivity index is 2.10. The Hall–Kier alpha value is -2.15. The number of rotatable bonds is 2. The smallest absolute Gasteiger partial charge is 0.282 e. The SMILES string of the molecule is CN1Cc2c(N3CCNCC3)ccc([N+](=O)[O-])c2C1=O. The molecule has 7 heteroatoms. The summed E-state index contributed by atoms with van der Waals surface area (Å²) in [5.74, 6) is -0.260. The van der Waals surface area contributed by atoms with E-state index in [1.165, 1.54) is 11.0 Å². The summed E-state index contributed by atoms with van der Waals surface area (Å²) in [6.07, 6.45) is 0. The summed E-state index contributed by atoms with van der Waals surface area (Å²) in [6.45, 7) is 3.91. The van der Waals surface area contributed by atoms with Crippen molar-refractivity contribution in [1.29, 1.82) is 0 Å². The molecule has 0 saturated carbocycles. The van der Waals surface area contributed by atoms with Crippen molar-refractivity contribution in [1.82, 2.24) is 10.2 Å². The molecule has 0 spiro atoms. The van der Waals surface area contributed by atoms with Gasteiger partial charge in [-0.05, 0) is 6.07 Å². The molecule has 1 amide bonds. The van der Waals surface area contributed by atoms with E-state index in [1.54, 1.807) is 13.1 Å². The summed E-state index contributed by atoms with van der Waals surface area (Å²) in [6, 6.07) is 3.22. The van der Waals surface area contributed by atoms with Gasteiger partial charge in [0, 0.05) is 57.1 Å². The van der Waals surface area contributed by atoms with Gasteiger partial charge in [0.15, 0.2) is 0 Å². The van der Waals surface area contributed by atoms with Gasteiger partial charge in [0.2, 0.25) is 0 Å². The maximum atomic E-state index is 12.1. The molecule has 7 nitrogen and oxygen atoms in total. The standard InChI is InChI=1S/C13H16N4O3/c1-15-8-9-10(16-6-4-14-5-7-16)2-3-11(17(19)20)12(9)13(15)18/h2-3,14H,4-8H2,1H3. The van der Waals surface area contributed by atoms with Crippen LogP contribution in [-0.4, -0.2) is 49.0 Å². The van der Waals surface area contributed by atoms with E-state index in [1.807, 2.05) is 0 Å². The highest BCUT2D eigenvalue weighted by Crippen LogP contribution is 2.37. The molecular formula is C13H16N4O3. The monoisotopic (exact) mass is 276 g/mol. The zero-order chi connectivity index (χ0) is 14.3. The lowest BCUT2D eigenvalue weighted by molar-refractivity contribution is -0.385. The highest BCUT2D eigenvalue weighted by molar-refractivity contribution is 6.03. The predicted molar refractivity (Wildman–Crippen MR) is 74.0 cm³/mol. The van der Waals surface area contributed by atoms with Crippen molar-refractivity contribution in [2.45, 2.75) is 6.54 Å². The van der Waals surface area contributed by atoms with Gasteiger partial charge >= 0.3 is 0 Å². The Kier molecular flexibility index (Phi) is 3.06. The number of nitro benzene ring substituents is 1. The van der Waals surface area contributed by atoms with Crippen LogP contribution in [0.25, 0.3) is 0 Å². The molecule has 1 fully saturated rings. The van der Waals surface area contributed by atoms with Gasteiger partial charge in [-0.3, -0.25) is 14.9 Å². The minimum Gasteiger partial charge on any atom is -0.369 e. The molecule has 0 radical (unpaired) electrons. The first kappa shape index (κ1) is 12.9. The molecule has 2 aliphatic rings. The molecule has 0 unspecified atom stereocenters.